The Morgan fingerprint density at radius 3 is 2.75 bits per heavy atom. The Morgan fingerprint density at radius 1 is 1.36 bits per heavy atom. The number of anilines is 1. The summed E-state index contributed by atoms with van der Waals surface area (Å²) in [5.41, 5.74) is -1.15. The molecule has 2 atom stereocenters. The van der Waals surface area contributed by atoms with E-state index in [4.69, 9.17) is 21.1 Å². The smallest absolute Gasteiger partial charge is 0.408 e. The fraction of sp³-hybridized carbons (Fsp3) is 0.421. The van der Waals surface area contributed by atoms with Crippen molar-refractivity contribution in [3.8, 4) is 0 Å². The first-order chi connectivity index (χ1) is 13.2. The summed E-state index contributed by atoms with van der Waals surface area (Å²) in [7, 11) is 2.85. The first-order valence-electron chi connectivity index (χ1n) is 8.57. The lowest BCUT2D eigenvalue weighted by Gasteiger charge is -2.41. The summed E-state index contributed by atoms with van der Waals surface area (Å²) in [5.74, 6) is -0.148. The summed E-state index contributed by atoms with van der Waals surface area (Å²) in [5, 5.41) is 2.69. The number of halogens is 4. The van der Waals surface area contributed by atoms with E-state index >= 15 is 0 Å². The lowest BCUT2D eigenvalue weighted by Crippen LogP contribution is -2.51. The van der Waals surface area contributed by atoms with Crippen LogP contribution in [0.4, 0.5) is 18.9 Å². The molecule has 0 radical (unpaired) electrons. The highest BCUT2D eigenvalue weighted by Gasteiger charge is 2.50. The summed E-state index contributed by atoms with van der Waals surface area (Å²) in [6, 6.07) is 2.03. The number of nitrogens with one attached hydrogen (secondary N) is 1. The average molecular weight is 417 g/mol. The van der Waals surface area contributed by atoms with Crippen LogP contribution >= 0.6 is 11.6 Å². The van der Waals surface area contributed by atoms with Gasteiger partial charge in [-0.3, -0.25) is 9.69 Å². The normalized spacial score (nSPS) is 25.6. The van der Waals surface area contributed by atoms with Gasteiger partial charge in [-0.25, -0.2) is 0 Å². The molecule has 5 nitrogen and oxygen atoms in total. The van der Waals surface area contributed by atoms with Crippen LogP contribution in [0.1, 0.15) is 18.0 Å². The molecule has 0 spiro atoms. The minimum absolute atomic E-state index is 0.0942. The monoisotopic (exact) mass is 416 g/mol. The molecule has 0 saturated carbocycles. The Kier molecular flexibility index (Phi) is 5.74. The Balaban J connectivity index is 2.08. The summed E-state index contributed by atoms with van der Waals surface area (Å²) in [6.07, 6.45) is 0.869. The van der Waals surface area contributed by atoms with Crippen LogP contribution in [0.2, 0.25) is 5.02 Å². The van der Waals surface area contributed by atoms with Crippen LogP contribution in [0.25, 0.3) is 0 Å². The van der Waals surface area contributed by atoms with Gasteiger partial charge in [0.25, 0.3) is 0 Å². The number of amides is 1. The third-order valence-corrected chi connectivity index (χ3v) is 5.19. The van der Waals surface area contributed by atoms with E-state index in [9.17, 15) is 18.0 Å². The first kappa shape index (κ1) is 20.7. The maximum absolute atomic E-state index is 14.1. The maximum Gasteiger partial charge on any atom is 0.408 e. The van der Waals surface area contributed by atoms with E-state index in [0.29, 0.717) is 12.2 Å². The van der Waals surface area contributed by atoms with Crippen molar-refractivity contribution in [1.29, 1.82) is 0 Å². The zero-order chi connectivity index (χ0) is 20.5. The fourth-order valence-corrected chi connectivity index (χ4v) is 3.89. The topological polar surface area (TPSA) is 50.8 Å². The van der Waals surface area contributed by atoms with Gasteiger partial charge in [0.05, 0.1) is 13.7 Å². The molecule has 152 valence electrons. The van der Waals surface area contributed by atoms with Gasteiger partial charge in [-0.15, -0.1) is 0 Å². The number of hydrogen-bond donors (Lipinski definition) is 1. The van der Waals surface area contributed by atoms with Crippen LogP contribution in [0, 0.1) is 0 Å². The second kappa shape index (κ2) is 7.77. The molecule has 1 aromatic carbocycles. The molecule has 0 saturated heterocycles. The second-order valence-corrected chi connectivity index (χ2v) is 7.13. The minimum atomic E-state index is -4.64. The Bertz CT molecular complexity index is 825. The van der Waals surface area contributed by atoms with E-state index in [0.717, 1.165) is 4.90 Å². The van der Waals surface area contributed by atoms with Gasteiger partial charge in [-0.1, -0.05) is 23.8 Å². The van der Waals surface area contributed by atoms with Gasteiger partial charge in [0.2, 0.25) is 5.91 Å². The number of nitrogens with zero attached hydrogens (tertiary/aromatic N) is 1. The molecule has 28 heavy (non-hydrogen) atoms. The third-order valence-electron chi connectivity index (χ3n) is 4.95. The highest BCUT2D eigenvalue weighted by Crippen LogP contribution is 2.44. The predicted molar refractivity (Wildman–Crippen MR) is 99.0 cm³/mol. The number of alkyl halides is 3. The van der Waals surface area contributed by atoms with Crippen LogP contribution in [-0.4, -0.2) is 49.9 Å². The summed E-state index contributed by atoms with van der Waals surface area (Å²) < 4.78 is 53.4. The van der Waals surface area contributed by atoms with Crippen molar-refractivity contribution in [3.63, 3.8) is 0 Å². The van der Waals surface area contributed by atoms with E-state index in [1.165, 1.54) is 32.4 Å². The van der Waals surface area contributed by atoms with Crippen LogP contribution in [0.3, 0.4) is 0 Å². The fourth-order valence-electron chi connectivity index (χ4n) is 3.71. The number of methoxy groups -OCH3 is 2. The van der Waals surface area contributed by atoms with Crippen molar-refractivity contribution < 1.29 is 27.4 Å². The quantitative estimate of drug-likeness (QED) is 0.803. The molecule has 2 unspecified atom stereocenters. The van der Waals surface area contributed by atoms with Crippen molar-refractivity contribution in [3.05, 3.63) is 52.8 Å². The van der Waals surface area contributed by atoms with Gasteiger partial charge in [0.1, 0.15) is 17.4 Å². The average Bonchev–Trinajstić information content (AvgIpc) is 2.76. The van der Waals surface area contributed by atoms with Crippen LogP contribution in [-0.2, 0) is 14.3 Å². The first-order valence-corrected chi connectivity index (χ1v) is 8.94. The van der Waals surface area contributed by atoms with E-state index in [2.05, 4.69) is 5.32 Å². The number of benzene rings is 1. The lowest BCUT2D eigenvalue weighted by molar-refractivity contribution is -0.193. The van der Waals surface area contributed by atoms with Gasteiger partial charge in [0.15, 0.2) is 0 Å². The zero-order valence-corrected chi connectivity index (χ0v) is 16.1. The number of ether oxygens (including phenoxy) is 2. The SMILES string of the molecule is COC1=CC=CCC1(CN1CC(=O)Nc2ccc(Cl)cc2C1C(F)(F)F)OC. The van der Waals surface area contributed by atoms with E-state index < -0.39 is 30.3 Å². The van der Waals surface area contributed by atoms with Gasteiger partial charge >= 0.3 is 6.18 Å². The van der Waals surface area contributed by atoms with Gasteiger partial charge in [0, 0.05) is 36.3 Å². The van der Waals surface area contributed by atoms with Crippen molar-refractivity contribution in [2.45, 2.75) is 24.2 Å². The Hall–Kier alpha value is -2.03. The Labute approximate surface area is 165 Å². The molecular formula is C19H20ClF3N2O3. The molecule has 1 aliphatic carbocycles. The molecule has 9 heteroatoms. The number of rotatable bonds is 4. The van der Waals surface area contributed by atoms with Crippen molar-refractivity contribution >= 4 is 23.2 Å². The maximum atomic E-state index is 14.1. The molecule has 1 N–H and O–H groups in total. The molecule has 1 heterocycles. The van der Waals surface area contributed by atoms with Crippen LogP contribution in [0.15, 0.2) is 42.2 Å². The largest absolute Gasteiger partial charge is 0.498 e. The van der Waals surface area contributed by atoms with Crippen molar-refractivity contribution in [2.75, 3.05) is 32.6 Å². The number of carbonyl (C=O) groups is 1. The molecule has 1 aliphatic heterocycles. The third kappa shape index (κ3) is 3.90. The predicted octanol–water partition coefficient (Wildman–Crippen LogP) is 4.07. The number of allylic oxidation sites excluding steroid dienone is 2. The second-order valence-electron chi connectivity index (χ2n) is 6.69. The molecule has 0 fully saturated rings. The number of hydrogen-bond acceptors (Lipinski definition) is 4. The van der Waals surface area contributed by atoms with E-state index in [1.807, 2.05) is 0 Å². The molecular weight excluding hydrogens is 397 g/mol. The van der Waals surface area contributed by atoms with Gasteiger partial charge in [-0.05, 0) is 24.3 Å². The highest BCUT2D eigenvalue weighted by atomic mass is 35.5. The van der Waals surface area contributed by atoms with Gasteiger partial charge < -0.3 is 14.8 Å². The van der Waals surface area contributed by atoms with Crippen molar-refractivity contribution in [2.24, 2.45) is 0 Å². The highest BCUT2D eigenvalue weighted by molar-refractivity contribution is 6.30. The standard InChI is InChI=1S/C19H20ClF3N2O3/c1-27-15-5-3-4-8-18(15,28-2)11-25-10-16(26)24-14-7-6-12(20)9-13(14)17(25)19(21,22)23/h3-7,9,17H,8,10-11H2,1-2H3,(H,24,26). The summed E-state index contributed by atoms with van der Waals surface area (Å²) >= 11 is 5.96. The lowest BCUT2D eigenvalue weighted by atomic mass is 9.90. The number of fused-ring (bicyclic) bond motifs is 1. The molecule has 2 aliphatic rings. The molecule has 0 bridgehead atoms. The summed E-state index contributed by atoms with van der Waals surface area (Å²) in [4.78, 5) is 13.4. The molecule has 3 rings (SSSR count). The van der Waals surface area contributed by atoms with Crippen molar-refractivity contribution in [1.82, 2.24) is 4.90 Å². The van der Waals surface area contributed by atoms with Gasteiger partial charge in [-0.2, -0.15) is 13.2 Å². The Morgan fingerprint density at radius 2 is 2.11 bits per heavy atom. The van der Waals surface area contributed by atoms with Crippen LogP contribution in [0.5, 0.6) is 0 Å². The molecule has 0 aromatic heterocycles. The van der Waals surface area contributed by atoms with Crippen LogP contribution < -0.4 is 5.32 Å². The van der Waals surface area contributed by atoms with E-state index in [1.54, 1.807) is 18.2 Å². The number of carbonyl (C=O) groups excluding carboxylic acids is 1. The summed E-state index contributed by atoms with van der Waals surface area (Å²) in [6.45, 7) is -0.653. The molecule has 1 aromatic rings. The van der Waals surface area contributed by atoms with E-state index in [-0.39, 0.29) is 22.8 Å². The molecule has 1 amide bonds. The minimum Gasteiger partial charge on any atom is -0.498 e. The zero-order valence-electron chi connectivity index (χ0n) is 15.3.